The van der Waals surface area contributed by atoms with Crippen molar-refractivity contribution in [2.75, 3.05) is 0 Å². The number of halogens is 3. The third kappa shape index (κ3) is 4.71. The van der Waals surface area contributed by atoms with Gasteiger partial charge in [-0.1, -0.05) is 0 Å². The second-order valence-electron chi connectivity index (χ2n) is 3.50. The van der Waals surface area contributed by atoms with Crippen LogP contribution in [0.25, 0.3) is 0 Å². The molecule has 4 nitrogen and oxygen atoms in total. The monoisotopic (exact) mass is 248 g/mol. The second-order valence-corrected chi connectivity index (χ2v) is 3.50. The van der Waals surface area contributed by atoms with Crippen molar-refractivity contribution < 1.29 is 22.7 Å². The summed E-state index contributed by atoms with van der Waals surface area (Å²) in [6.45, 7) is 1.29. The largest absolute Gasteiger partial charge is 0.474 e. The number of hydrogen-bond donors (Lipinski definition) is 1. The molecule has 7 heteroatoms. The zero-order valence-corrected chi connectivity index (χ0v) is 8.99. The number of carbonyl (C=O) groups excluding carboxylic acids is 1. The Hall–Kier alpha value is -1.79. The molecule has 94 valence electrons. The number of rotatable bonds is 4. The topological polar surface area (TPSA) is 65.2 Å². The number of primary amides is 1. The van der Waals surface area contributed by atoms with Crippen molar-refractivity contribution in [3.8, 4) is 5.88 Å². The summed E-state index contributed by atoms with van der Waals surface area (Å²) < 4.78 is 41.0. The van der Waals surface area contributed by atoms with E-state index in [0.29, 0.717) is 0 Å². The predicted octanol–water partition coefficient (Wildman–Crippen LogP) is 1.90. The fourth-order valence-corrected chi connectivity index (χ4v) is 1.17. The minimum Gasteiger partial charge on any atom is -0.474 e. The molecule has 1 atom stereocenters. The minimum atomic E-state index is -4.29. The van der Waals surface area contributed by atoms with Gasteiger partial charge < -0.3 is 10.5 Å². The summed E-state index contributed by atoms with van der Waals surface area (Å²) >= 11 is 0. The molecule has 1 rings (SSSR count). The highest BCUT2D eigenvalue weighted by Crippen LogP contribution is 2.23. The molecule has 1 aromatic heterocycles. The summed E-state index contributed by atoms with van der Waals surface area (Å²) in [5, 5.41) is 0. The number of ether oxygens (including phenoxy) is 1. The van der Waals surface area contributed by atoms with Crippen LogP contribution in [-0.2, 0) is 0 Å². The first-order valence-electron chi connectivity index (χ1n) is 4.77. The van der Waals surface area contributed by atoms with Gasteiger partial charge in [0, 0.05) is 12.3 Å². The Morgan fingerprint density at radius 1 is 1.53 bits per heavy atom. The molecule has 0 saturated heterocycles. The molecule has 0 fully saturated rings. The summed E-state index contributed by atoms with van der Waals surface area (Å²) in [7, 11) is 0. The Morgan fingerprint density at radius 2 is 2.18 bits per heavy atom. The van der Waals surface area contributed by atoms with Gasteiger partial charge in [0.2, 0.25) is 11.8 Å². The van der Waals surface area contributed by atoms with E-state index >= 15 is 0 Å². The predicted molar refractivity (Wildman–Crippen MR) is 53.5 cm³/mol. The smallest absolute Gasteiger partial charge is 0.392 e. The first kappa shape index (κ1) is 13.3. The highest BCUT2D eigenvalue weighted by molar-refractivity contribution is 5.92. The molecule has 0 radical (unpaired) electrons. The Kier molecular flexibility index (Phi) is 3.93. The maximum absolute atomic E-state index is 12.0. The standard InChI is InChI=1S/C10H11F3N2O2/c1-6(4-10(11,12)13)17-8-3-2-7(5-15-8)9(14)16/h2-3,5-6H,4H2,1H3,(H2,14,16). The fourth-order valence-electron chi connectivity index (χ4n) is 1.17. The molecule has 17 heavy (non-hydrogen) atoms. The molecule has 0 aliphatic carbocycles. The van der Waals surface area contributed by atoms with Crippen LogP contribution in [-0.4, -0.2) is 23.2 Å². The molecule has 1 aromatic rings. The van der Waals surface area contributed by atoms with Gasteiger partial charge in [0.05, 0.1) is 12.0 Å². The average Bonchev–Trinajstić information content (AvgIpc) is 2.15. The van der Waals surface area contributed by atoms with Crippen LogP contribution >= 0.6 is 0 Å². The molecule has 0 spiro atoms. The molecule has 0 saturated carbocycles. The van der Waals surface area contributed by atoms with Crippen molar-refractivity contribution in [3.63, 3.8) is 0 Å². The number of nitrogens with two attached hydrogens (primary N) is 1. The summed E-state index contributed by atoms with van der Waals surface area (Å²) in [6, 6.07) is 2.64. The maximum Gasteiger partial charge on any atom is 0.392 e. The van der Waals surface area contributed by atoms with Crippen LogP contribution in [0.1, 0.15) is 23.7 Å². The van der Waals surface area contributed by atoms with E-state index in [1.807, 2.05) is 0 Å². The first-order valence-corrected chi connectivity index (χ1v) is 4.77. The Balaban J connectivity index is 2.60. The number of amides is 1. The van der Waals surface area contributed by atoms with E-state index in [-0.39, 0.29) is 11.4 Å². The number of pyridine rings is 1. The summed E-state index contributed by atoms with van der Waals surface area (Å²) in [5.74, 6) is -0.640. The van der Waals surface area contributed by atoms with Crippen LogP contribution < -0.4 is 10.5 Å². The van der Waals surface area contributed by atoms with Gasteiger partial charge in [-0.2, -0.15) is 13.2 Å². The van der Waals surface area contributed by atoms with Crippen LogP contribution in [0.2, 0.25) is 0 Å². The first-order chi connectivity index (χ1) is 7.78. The van der Waals surface area contributed by atoms with Crippen LogP contribution in [0, 0.1) is 0 Å². The van der Waals surface area contributed by atoms with Gasteiger partial charge in [-0.05, 0) is 13.0 Å². The number of aromatic nitrogens is 1. The van der Waals surface area contributed by atoms with Gasteiger partial charge in [-0.15, -0.1) is 0 Å². The van der Waals surface area contributed by atoms with Crippen LogP contribution in [0.3, 0.4) is 0 Å². The molecule has 0 aromatic carbocycles. The van der Waals surface area contributed by atoms with Crippen molar-refractivity contribution in [1.29, 1.82) is 0 Å². The average molecular weight is 248 g/mol. The Bertz CT molecular complexity index is 390. The SMILES string of the molecule is CC(CC(F)(F)F)Oc1ccc(C(N)=O)cn1. The van der Waals surface area contributed by atoms with Crippen LogP contribution in [0.5, 0.6) is 5.88 Å². The van der Waals surface area contributed by atoms with Gasteiger partial charge in [-0.3, -0.25) is 4.79 Å². The molecule has 0 aliphatic heterocycles. The lowest BCUT2D eigenvalue weighted by molar-refractivity contribution is -0.149. The van der Waals surface area contributed by atoms with E-state index in [0.717, 1.165) is 6.20 Å². The van der Waals surface area contributed by atoms with E-state index in [2.05, 4.69) is 4.98 Å². The van der Waals surface area contributed by atoms with Crippen LogP contribution in [0.15, 0.2) is 18.3 Å². The van der Waals surface area contributed by atoms with Gasteiger partial charge >= 0.3 is 6.18 Å². The summed E-state index contributed by atoms with van der Waals surface area (Å²) in [6.07, 6.45) is -5.24. The molecule has 1 unspecified atom stereocenters. The highest BCUT2D eigenvalue weighted by atomic mass is 19.4. The van der Waals surface area contributed by atoms with Crippen molar-refractivity contribution >= 4 is 5.91 Å². The molecule has 1 heterocycles. The quantitative estimate of drug-likeness (QED) is 0.884. The zero-order chi connectivity index (χ0) is 13.1. The molecular weight excluding hydrogens is 237 g/mol. The lowest BCUT2D eigenvalue weighted by atomic mass is 10.2. The highest BCUT2D eigenvalue weighted by Gasteiger charge is 2.31. The van der Waals surface area contributed by atoms with Gasteiger partial charge in [0.15, 0.2) is 0 Å². The van der Waals surface area contributed by atoms with Gasteiger partial charge in [-0.25, -0.2) is 4.98 Å². The van der Waals surface area contributed by atoms with Gasteiger partial charge in [0.25, 0.3) is 0 Å². The Labute approximate surface area is 95.6 Å². The van der Waals surface area contributed by atoms with E-state index in [1.54, 1.807) is 0 Å². The van der Waals surface area contributed by atoms with Crippen molar-refractivity contribution in [2.45, 2.75) is 25.6 Å². The molecule has 1 amide bonds. The van der Waals surface area contributed by atoms with Crippen molar-refractivity contribution in [3.05, 3.63) is 23.9 Å². The second kappa shape index (κ2) is 5.03. The summed E-state index contributed by atoms with van der Waals surface area (Å²) in [4.78, 5) is 14.4. The molecule has 0 bridgehead atoms. The zero-order valence-electron chi connectivity index (χ0n) is 8.99. The fraction of sp³-hybridized carbons (Fsp3) is 0.400. The van der Waals surface area contributed by atoms with Crippen molar-refractivity contribution in [2.24, 2.45) is 5.73 Å². The van der Waals surface area contributed by atoms with E-state index in [9.17, 15) is 18.0 Å². The number of nitrogens with zero attached hydrogens (tertiary/aromatic N) is 1. The van der Waals surface area contributed by atoms with Gasteiger partial charge in [0.1, 0.15) is 6.10 Å². The Morgan fingerprint density at radius 3 is 2.59 bits per heavy atom. The van der Waals surface area contributed by atoms with E-state index in [1.165, 1.54) is 19.1 Å². The number of alkyl halides is 3. The molecule has 2 N–H and O–H groups in total. The number of hydrogen-bond acceptors (Lipinski definition) is 3. The van der Waals surface area contributed by atoms with E-state index in [4.69, 9.17) is 10.5 Å². The number of carbonyl (C=O) groups is 1. The maximum atomic E-state index is 12.0. The molecule has 0 aliphatic rings. The van der Waals surface area contributed by atoms with E-state index < -0.39 is 24.6 Å². The molecular formula is C10H11F3N2O2. The normalized spacial score (nSPS) is 13.2. The third-order valence-corrected chi connectivity index (χ3v) is 1.86. The summed E-state index contributed by atoms with van der Waals surface area (Å²) in [5.41, 5.74) is 5.15. The van der Waals surface area contributed by atoms with Crippen molar-refractivity contribution in [1.82, 2.24) is 4.98 Å². The minimum absolute atomic E-state index is 0.0201. The lowest BCUT2D eigenvalue weighted by Crippen LogP contribution is -2.22. The lowest BCUT2D eigenvalue weighted by Gasteiger charge is -2.15. The third-order valence-electron chi connectivity index (χ3n) is 1.86. The van der Waals surface area contributed by atoms with Crippen LogP contribution in [0.4, 0.5) is 13.2 Å².